The number of benzene rings is 1. The number of hydrogen-bond acceptors (Lipinski definition) is 3. The summed E-state index contributed by atoms with van der Waals surface area (Å²) in [4.78, 5) is 25.6. The molecule has 1 aromatic carbocycles. The average molecular weight is 301 g/mol. The molecule has 0 bridgehead atoms. The van der Waals surface area contributed by atoms with Crippen LogP contribution in [-0.4, -0.2) is 30.9 Å². The summed E-state index contributed by atoms with van der Waals surface area (Å²) < 4.78 is 0. The summed E-state index contributed by atoms with van der Waals surface area (Å²) in [5.74, 6) is 0.274. The van der Waals surface area contributed by atoms with E-state index in [2.05, 4.69) is 10.6 Å². The summed E-state index contributed by atoms with van der Waals surface area (Å²) in [6, 6.07) is 8.21. The topological polar surface area (TPSA) is 61.4 Å². The van der Waals surface area contributed by atoms with Crippen molar-refractivity contribution in [3.05, 3.63) is 29.8 Å². The summed E-state index contributed by atoms with van der Waals surface area (Å²) in [5.41, 5.74) is 1.97. The van der Waals surface area contributed by atoms with E-state index in [4.69, 9.17) is 0 Å². The lowest BCUT2D eigenvalue weighted by molar-refractivity contribution is -0.121. The average Bonchev–Trinajstić information content (AvgIpc) is 3.17. The van der Waals surface area contributed by atoms with E-state index in [1.807, 2.05) is 29.2 Å². The Bertz CT molecular complexity index is 553. The van der Waals surface area contributed by atoms with Crippen molar-refractivity contribution in [1.29, 1.82) is 0 Å². The minimum atomic E-state index is 0.0852. The molecule has 5 nitrogen and oxygen atoms in total. The Morgan fingerprint density at radius 1 is 1.36 bits per heavy atom. The summed E-state index contributed by atoms with van der Waals surface area (Å²) >= 11 is 0. The van der Waals surface area contributed by atoms with E-state index < -0.39 is 0 Å². The van der Waals surface area contributed by atoms with Gasteiger partial charge in [0, 0.05) is 37.7 Å². The Labute approximate surface area is 131 Å². The minimum absolute atomic E-state index is 0.0852. The van der Waals surface area contributed by atoms with Crippen LogP contribution in [-0.2, 0) is 16.1 Å². The Morgan fingerprint density at radius 3 is 3.00 bits per heavy atom. The first kappa shape index (κ1) is 15.0. The molecule has 3 rings (SSSR count). The van der Waals surface area contributed by atoms with E-state index in [1.54, 1.807) is 0 Å². The largest absolute Gasteiger partial charge is 0.352 e. The van der Waals surface area contributed by atoms with Crippen LogP contribution in [0.5, 0.6) is 0 Å². The molecule has 1 aromatic rings. The lowest BCUT2D eigenvalue weighted by Gasteiger charge is -2.17. The highest BCUT2D eigenvalue weighted by molar-refractivity contribution is 5.95. The van der Waals surface area contributed by atoms with Gasteiger partial charge < -0.3 is 15.5 Å². The molecule has 2 fully saturated rings. The lowest BCUT2D eigenvalue weighted by atomic mass is 10.1. The van der Waals surface area contributed by atoms with Crippen LogP contribution in [0.25, 0.3) is 0 Å². The highest BCUT2D eigenvalue weighted by atomic mass is 16.2. The van der Waals surface area contributed by atoms with Gasteiger partial charge in [-0.1, -0.05) is 12.1 Å². The Balaban J connectivity index is 1.54. The molecule has 0 saturated carbocycles. The van der Waals surface area contributed by atoms with Crippen LogP contribution in [0.1, 0.15) is 37.7 Å². The monoisotopic (exact) mass is 301 g/mol. The standard InChI is InChI=1S/C17H23N3O2/c21-16(11-14-5-2-8-18-14)19-12-13-4-1-6-15(10-13)20-9-3-7-17(20)22/h1,4,6,10,14,18H,2-3,5,7-9,11-12H2,(H,19,21). The predicted molar refractivity (Wildman–Crippen MR) is 85.5 cm³/mol. The molecule has 118 valence electrons. The Kier molecular flexibility index (Phi) is 4.73. The minimum Gasteiger partial charge on any atom is -0.352 e. The maximum atomic E-state index is 11.9. The second-order valence-corrected chi connectivity index (χ2v) is 6.09. The van der Waals surface area contributed by atoms with Gasteiger partial charge in [-0.25, -0.2) is 0 Å². The second kappa shape index (κ2) is 6.92. The molecule has 2 saturated heterocycles. The van der Waals surface area contributed by atoms with Crippen LogP contribution in [0.2, 0.25) is 0 Å². The fourth-order valence-corrected chi connectivity index (χ4v) is 3.18. The molecule has 0 aromatic heterocycles. The molecule has 22 heavy (non-hydrogen) atoms. The molecular formula is C17H23N3O2. The van der Waals surface area contributed by atoms with Crippen molar-refractivity contribution in [2.45, 2.75) is 44.7 Å². The number of carbonyl (C=O) groups excluding carboxylic acids is 2. The summed E-state index contributed by atoms with van der Waals surface area (Å²) in [6.07, 6.45) is 4.34. The highest BCUT2D eigenvalue weighted by Crippen LogP contribution is 2.22. The molecule has 2 amide bonds. The lowest BCUT2D eigenvalue weighted by Crippen LogP contribution is -2.31. The molecular weight excluding hydrogens is 278 g/mol. The molecule has 2 aliphatic heterocycles. The van der Waals surface area contributed by atoms with Gasteiger partial charge in [0.05, 0.1) is 0 Å². The quantitative estimate of drug-likeness (QED) is 0.868. The van der Waals surface area contributed by atoms with E-state index in [0.717, 1.165) is 43.6 Å². The van der Waals surface area contributed by atoms with Crippen LogP contribution in [0.4, 0.5) is 5.69 Å². The first-order valence-electron chi connectivity index (χ1n) is 8.12. The third-order valence-electron chi connectivity index (χ3n) is 4.38. The summed E-state index contributed by atoms with van der Waals surface area (Å²) in [6.45, 7) is 2.33. The van der Waals surface area contributed by atoms with Crippen molar-refractivity contribution in [1.82, 2.24) is 10.6 Å². The van der Waals surface area contributed by atoms with Gasteiger partial charge in [-0.05, 0) is 43.5 Å². The van der Waals surface area contributed by atoms with E-state index >= 15 is 0 Å². The van der Waals surface area contributed by atoms with Gasteiger partial charge in [-0.2, -0.15) is 0 Å². The zero-order valence-electron chi connectivity index (χ0n) is 12.8. The molecule has 2 aliphatic rings. The van der Waals surface area contributed by atoms with E-state index in [-0.39, 0.29) is 11.8 Å². The molecule has 2 N–H and O–H groups in total. The molecule has 1 unspecified atom stereocenters. The molecule has 0 spiro atoms. The van der Waals surface area contributed by atoms with E-state index in [9.17, 15) is 9.59 Å². The Hall–Kier alpha value is -1.88. The first-order chi connectivity index (χ1) is 10.7. The van der Waals surface area contributed by atoms with Gasteiger partial charge in [-0.3, -0.25) is 9.59 Å². The number of carbonyl (C=O) groups is 2. The van der Waals surface area contributed by atoms with Gasteiger partial charge in [0.25, 0.3) is 0 Å². The molecule has 0 radical (unpaired) electrons. The molecule has 5 heteroatoms. The van der Waals surface area contributed by atoms with Crippen molar-refractivity contribution in [2.75, 3.05) is 18.0 Å². The van der Waals surface area contributed by atoms with Crippen molar-refractivity contribution < 1.29 is 9.59 Å². The third kappa shape index (κ3) is 3.65. The number of nitrogens with zero attached hydrogens (tertiary/aromatic N) is 1. The number of anilines is 1. The normalized spacial score (nSPS) is 21.4. The van der Waals surface area contributed by atoms with Gasteiger partial charge >= 0.3 is 0 Å². The van der Waals surface area contributed by atoms with Gasteiger partial charge in [0.2, 0.25) is 11.8 Å². The summed E-state index contributed by atoms with van der Waals surface area (Å²) in [5, 5.41) is 6.30. The number of rotatable bonds is 5. The SMILES string of the molecule is O=C(CC1CCCN1)NCc1cccc(N2CCCC2=O)c1. The van der Waals surface area contributed by atoms with Crippen LogP contribution < -0.4 is 15.5 Å². The number of hydrogen-bond donors (Lipinski definition) is 2. The van der Waals surface area contributed by atoms with E-state index in [0.29, 0.717) is 25.4 Å². The third-order valence-corrected chi connectivity index (χ3v) is 4.38. The maximum Gasteiger partial charge on any atom is 0.227 e. The van der Waals surface area contributed by atoms with Gasteiger partial charge in [0.15, 0.2) is 0 Å². The zero-order chi connectivity index (χ0) is 15.4. The van der Waals surface area contributed by atoms with Crippen molar-refractivity contribution in [3.8, 4) is 0 Å². The smallest absolute Gasteiger partial charge is 0.227 e. The van der Waals surface area contributed by atoms with Crippen molar-refractivity contribution in [3.63, 3.8) is 0 Å². The first-order valence-corrected chi connectivity index (χ1v) is 8.12. The van der Waals surface area contributed by atoms with Crippen LogP contribution in [0.15, 0.2) is 24.3 Å². The predicted octanol–water partition coefficient (Wildman–Crippen LogP) is 1.57. The van der Waals surface area contributed by atoms with Crippen molar-refractivity contribution >= 4 is 17.5 Å². The molecule has 0 aliphatic carbocycles. The fraction of sp³-hybridized carbons (Fsp3) is 0.529. The maximum absolute atomic E-state index is 11.9. The van der Waals surface area contributed by atoms with Crippen LogP contribution in [0, 0.1) is 0 Å². The zero-order valence-corrected chi connectivity index (χ0v) is 12.8. The van der Waals surface area contributed by atoms with Crippen molar-refractivity contribution in [2.24, 2.45) is 0 Å². The van der Waals surface area contributed by atoms with Crippen LogP contribution >= 0.6 is 0 Å². The number of nitrogens with one attached hydrogen (secondary N) is 2. The fourth-order valence-electron chi connectivity index (χ4n) is 3.18. The van der Waals surface area contributed by atoms with Crippen LogP contribution in [0.3, 0.4) is 0 Å². The molecule has 1 atom stereocenters. The second-order valence-electron chi connectivity index (χ2n) is 6.09. The Morgan fingerprint density at radius 2 is 2.27 bits per heavy atom. The van der Waals surface area contributed by atoms with E-state index in [1.165, 1.54) is 0 Å². The summed E-state index contributed by atoms with van der Waals surface area (Å²) in [7, 11) is 0. The van der Waals surface area contributed by atoms with Gasteiger partial charge in [-0.15, -0.1) is 0 Å². The molecule has 2 heterocycles. The van der Waals surface area contributed by atoms with Gasteiger partial charge in [0.1, 0.15) is 0 Å². The number of amides is 2. The highest BCUT2D eigenvalue weighted by Gasteiger charge is 2.21.